The standard InChI is InChI=1S/C35H40N2O5/c1-34(2,3)42-33(41)37-28(18-23-12-6-4-7-13-23)30(39)21-35(20-24-14-8-5-9-15-24)32(40)27(22-36-35)31-26-17-11-10-16-25(26)19-29(31)38/h4-17,22,28-31,36,38-39H,18-21H2,1-3H3,(H,37,41). The Hall–Kier alpha value is -3.94. The van der Waals surface area contributed by atoms with Crippen molar-refractivity contribution in [1.82, 2.24) is 10.6 Å². The molecule has 3 aromatic rings. The van der Waals surface area contributed by atoms with Crippen molar-refractivity contribution < 1.29 is 24.5 Å². The van der Waals surface area contributed by atoms with E-state index in [9.17, 15) is 19.8 Å². The topological polar surface area (TPSA) is 108 Å². The van der Waals surface area contributed by atoms with Crippen LogP contribution in [-0.4, -0.2) is 51.5 Å². The molecule has 1 aliphatic carbocycles. The highest BCUT2D eigenvalue weighted by Gasteiger charge is 2.50. The largest absolute Gasteiger partial charge is 0.444 e. The predicted octanol–water partition coefficient (Wildman–Crippen LogP) is 4.61. The zero-order chi connectivity index (χ0) is 29.9. The highest BCUT2D eigenvalue weighted by atomic mass is 16.6. The third-order valence-electron chi connectivity index (χ3n) is 8.11. The Morgan fingerprint density at radius 3 is 2.29 bits per heavy atom. The Kier molecular flexibility index (Phi) is 8.53. The second kappa shape index (κ2) is 12.1. The highest BCUT2D eigenvalue weighted by molar-refractivity contribution is 6.06. The summed E-state index contributed by atoms with van der Waals surface area (Å²) in [6.07, 6.45) is 0.501. The number of carbonyl (C=O) groups is 2. The zero-order valence-electron chi connectivity index (χ0n) is 24.4. The van der Waals surface area contributed by atoms with Crippen LogP contribution in [0.2, 0.25) is 0 Å². The minimum atomic E-state index is -1.17. The molecule has 0 fully saturated rings. The van der Waals surface area contributed by atoms with Crippen molar-refractivity contribution in [2.45, 2.75) is 81.8 Å². The van der Waals surface area contributed by atoms with E-state index in [0.717, 1.165) is 22.3 Å². The van der Waals surface area contributed by atoms with Crippen LogP contribution in [0.25, 0.3) is 0 Å². The molecular formula is C35H40N2O5. The third-order valence-corrected chi connectivity index (χ3v) is 8.11. The molecule has 2 aliphatic rings. The molecule has 0 bridgehead atoms. The van der Waals surface area contributed by atoms with E-state index in [1.165, 1.54) is 0 Å². The van der Waals surface area contributed by atoms with Crippen LogP contribution in [0.15, 0.2) is 96.7 Å². The molecule has 42 heavy (non-hydrogen) atoms. The lowest BCUT2D eigenvalue weighted by molar-refractivity contribution is -0.122. The number of benzene rings is 3. The minimum Gasteiger partial charge on any atom is -0.444 e. The molecule has 5 unspecified atom stereocenters. The predicted molar refractivity (Wildman–Crippen MR) is 162 cm³/mol. The van der Waals surface area contributed by atoms with Crippen molar-refractivity contribution in [3.05, 3.63) is 119 Å². The number of Topliss-reactive ketones (excluding diaryl/α,β-unsaturated/α-hetero) is 1. The summed E-state index contributed by atoms with van der Waals surface area (Å²) in [5.41, 5.74) is 2.50. The SMILES string of the molecule is CC(C)(C)OC(=O)NC(Cc1ccccc1)C(O)CC1(Cc2ccccc2)NC=C(C2c3ccccc3CC2O)C1=O. The summed E-state index contributed by atoms with van der Waals surface area (Å²) >= 11 is 0. The molecule has 4 N–H and O–H groups in total. The number of fused-ring (bicyclic) bond motifs is 1. The maximum Gasteiger partial charge on any atom is 0.407 e. The summed E-state index contributed by atoms with van der Waals surface area (Å²) in [5.74, 6) is -0.599. The van der Waals surface area contributed by atoms with E-state index in [4.69, 9.17) is 4.74 Å². The fourth-order valence-electron chi connectivity index (χ4n) is 6.21. The van der Waals surface area contributed by atoms with Gasteiger partial charge in [-0.3, -0.25) is 4.79 Å². The van der Waals surface area contributed by atoms with Gasteiger partial charge in [0.25, 0.3) is 0 Å². The summed E-state index contributed by atoms with van der Waals surface area (Å²) in [6.45, 7) is 5.36. The Morgan fingerprint density at radius 1 is 1.00 bits per heavy atom. The molecule has 7 nitrogen and oxygen atoms in total. The van der Waals surface area contributed by atoms with E-state index in [1.54, 1.807) is 27.0 Å². The van der Waals surface area contributed by atoms with Gasteiger partial charge in [-0.2, -0.15) is 0 Å². The fraction of sp³-hybridized carbons (Fsp3) is 0.371. The second-order valence-electron chi connectivity index (χ2n) is 12.5. The van der Waals surface area contributed by atoms with E-state index in [2.05, 4.69) is 10.6 Å². The smallest absolute Gasteiger partial charge is 0.407 e. The first-order valence-corrected chi connectivity index (χ1v) is 14.6. The van der Waals surface area contributed by atoms with Crippen molar-refractivity contribution in [2.75, 3.05) is 0 Å². The minimum absolute atomic E-state index is 0.0402. The van der Waals surface area contributed by atoms with Crippen molar-refractivity contribution in [2.24, 2.45) is 0 Å². The number of alkyl carbamates (subject to hydrolysis) is 1. The van der Waals surface area contributed by atoms with Gasteiger partial charge in [-0.15, -0.1) is 0 Å². The molecule has 0 spiro atoms. The summed E-state index contributed by atoms with van der Waals surface area (Å²) in [5, 5.41) is 29.0. The third kappa shape index (κ3) is 6.58. The highest BCUT2D eigenvalue weighted by Crippen LogP contribution is 2.43. The van der Waals surface area contributed by atoms with Crippen LogP contribution in [-0.2, 0) is 28.8 Å². The van der Waals surface area contributed by atoms with Crippen molar-refractivity contribution in [3.63, 3.8) is 0 Å². The molecule has 220 valence electrons. The number of hydrogen-bond acceptors (Lipinski definition) is 6. The Morgan fingerprint density at radius 2 is 1.62 bits per heavy atom. The molecular weight excluding hydrogens is 528 g/mol. The van der Waals surface area contributed by atoms with Crippen molar-refractivity contribution in [1.29, 1.82) is 0 Å². The molecule has 5 rings (SSSR count). The van der Waals surface area contributed by atoms with E-state index >= 15 is 0 Å². The van der Waals surface area contributed by atoms with E-state index < -0.39 is 41.4 Å². The lowest BCUT2D eigenvalue weighted by Crippen LogP contribution is -2.55. The van der Waals surface area contributed by atoms with Crippen LogP contribution in [0.4, 0.5) is 4.79 Å². The number of aliphatic hydroxyl groups is 2. The number of hydrogen-bond donors (Lipinski definition) is 4. The quantitative estimate of drug-likeness (QED) is 0.300. The zero-order valence-corrected chi connectivity index (χ0v) is 24.4. The number of aliphatic hydroxyl groups excluding tert-OH is 2. The molecule has 3 aromatic carbocycles. The number of carbonyl (C=O) groups excluding carboxylic acids is 2. The summed E-state index contributed by atoms with van der Waals surface area (Å²) in [4.78, 5) is 27.3. The van der Waals surface area contributed by atoms with Gasteiger partial charge in [-0.05, 0) is 55.9 Å². The maximum absolute atomic E-state index is 14.4. The number of ketones is 1. The lowest BCUT2D eigenvalue weighted by atomic mass is 9.76. The van der Waals surface area contributed by atoms with Gasteiger partial charge < -0.3 is 25.6 Å². The van der Waals surface area contributed by atoms with Gasteiger partial charge in [-0.25, -0.2) is 4.79 Å². The molecule has 1 heterocycles. The van der Waals surface area contributed by atoms with Crippen LogP contribution < -0.4 is 10.6 Å². The van der Waals surface area contributed by atoms with E-state index in [0.29, 0.717) is 24.8 Å². The Balaban J connectivity index is 1.44. The van der Waals surface area contributed by atoms with Crippen LogP contribution in [0.3, 0.4) is 0 Å². The lowest BCUT2D eigenvalue weighted by Gasteiger charge is -2.35. The molecule has 7 heteroatoms. The first kappa shape index (κ1) is 29.5. The van der Waals surface area contributed by atoms with Crippen molar-refractivity contribution >= 4 is 11.9 Å². The number of amides is 1. The van der Waals surface area contributed by atoms with Crippen LogP contribution >= 0.6 is 0 Å². The van der Waals surface area contributed by atoms with Gasteiger partial charge in [-0.1, -0.05) is 84.9 Å². The van der Waals surface area contributed by atoms with E-state index in [-0.39, 0.29) is 12.2 Å². The molecule has 0 saturated heterocycles. The van der Waals surface area contributed by atoms with Crippen LogP contribution in [0, 0.1) is 0 Å². The number of ether oxygens (including phenoxy) is 1. The van der Waals surface area contributed by atoms with Gasteiger partial charge in [0.15, 0.2) is 5.78 Å². The molecule has 0 aromatic heterocycles. The van der Waals surface area contributed by atoms with Gasteiger partial charge in [0, 0.05) is 30.5 Å². The second-order valence-corrected chi connectivity index (χ2v) is 12.5. The first-order chi connectivity index (χ1) is 20.0. The van der Waals surface area contributed by atoms with Crippen LogP contribution in [0.5, 0.6) is 0 Å². The first-order valence-electron chi connectivity index (χ1n) is 14.6. The summed E-state index contributed by atoms with van der Waals surface area (Å²) in [6, 6.07) is 26.4. The summed E-state index contributed by atoms with van der Waals surface area (Å²) in [7, 11) is 0. The van der Waals surface area contributed by atoms with Gasteiger partial charge >= 0.3 is 6.09 Å². The Labute approximate surface area is 247 Å². The van der Waals surface area contributed by atoms with Gasteiger partial charge in [0.05, 0.1) is 18.2 Å². The van der Waals surface area contributed by atoms with Crippen molar-refractivity contribution in [3.8, 4) is 0 Å². The molecule has 0 saturated carbocycles. The molecule has 5 atom stereocenters. The number of nitrogens with one attached hydrogen (secondary N) is 2. The van der Waals surface area contributed by atoms with Gasteiger partial charge in [0.1, 0.15) is 11.1 Å². The molecule has 1 aliphatic heterocycles. The average molecular weight is 569 g/mol. The normalized spacial score (nSPS) is 23.0. The monoisotopic (exact) mass is 568 g/mol. The maximum atomic E-state index is 14.4. The van der Waals surface area contributed by atoms with Gasteiger partial charge in [0.2, 0.25) is 0 Å². The fourth-order valence-corrected chi connectivity index (χ4v) is 6.21. The molecule has 0 radical (unpaired) electrons. The number of rotatable bonds is 9. The average Bonchev–Trinajstić information content (AvgIpc) is 3.43. The van der Waals surface area contributed by atoms with E-state index in [1.807, 2.05) is 84.9 Å². The Bertz CT molecular complexity index is 1430. The summed E-state index contributed by atoms with van der Waals surface area (Å²) < 4.78 is 5.52. The molecule has 1 amide bonds. The van der Waals surface area contributed by atoms with Crippen LogP contribution in [0.1, 0.15) is 55.4 Å².